The summed E-state index contributed by atoms with van der Waals surface area (Å²) in [6, 6.07) is 20.5. The van der Waals surface area contributed by atoms with Gasteiger partial charge in [-0.15, -0.1) is 0 Å². The number of carbonyl (C=O) groups excluding carboxylic acids is 1. The van der Waals surface area contributed by atoms with Gasteiger partial charge in [0.25, 0.3) is 0 Å². The van der Waals surface area contributed by atoms with Crippen molar-refractivity contribution in [3.8, 4) is 0 Å². The van der Waals surface area contributed by atoms with Crippen LogP contribution in [0.4, 0.5) is 8.78 Å². The third-order valence-corrected chi connectivity index (χ3v) is 3.62. The molecule has 0 heterocycles. The van der Waals surface area contributed by atoms with E-state index in [9.17, 15) is 13.6 Å². The average molecular weight is 320 g/mol. The molecule has 0 saturated heterocycles. The van der Waals surface area contributed by atoms with E-state index in [1.54, 1.807) is 18.2 Å². The first-order valence-corrected chi connectivity index (χ1v) is 7.46. The fourth-order valence-electron chi connectivity index (χ4n) is 2.38. The fraction of sp³-hybridized carbons (Fsp3) is 0. The summed E-state index contributed by atoms with van der Waals surface area (Å²) in [5, 5.41) is 0. The number of hydrogen-bond acceptors (Lipinski definition) is 1. The molecule has 3 aromatic rings. The Balaban J connectivity index is 2.07. The van der Waals surface area contributed by atoms with Gasteiger partial charge in [0.2, 0.25) is 0 Å². The van der Waals surface area contributed by atoms with Crippen LogP contribution in [0.2, 0.25) is 0 Å². The molecule has 3 heteroatoms. The van der Waals surface area contributed by atoms with Crippen LogP contribution in [0.25, 0.3) is 11.6 Å². The van der Waals surface area contributed by atoms with Crippen LogP contribution in [0.1, 0.15) is 21.5 Å². The Bertz CT molecular complexity index is 864. The van der Waals surface area contributed by atoms with Gasteiger partial charge >= 0.3 is 0 Å². The first-order valence-electron chi connectivity index (χ1n) is 7.46. The molecule has 0 N–H and O–H groups in total. The minimum absolute atomic E-state index is 0.245. The molecule has 0 aromatic heterocycles. The summed E-state index contributed by atoms with van der Waals surface area (Å²) in [7, 11) is 0. The normalized spacial score (nSPS) is 11.3. The van der Waals surface area contributed by atoms with Gasteiger partial charge in [-0.3, -0.25) is 4.79 Å². The van der Waals surface area contributed by atoms with Crippen LogP contribution >= 0.6 is 0 Å². The van der Waals surface area contributed by atoms with E-state index in [1.807, 2.05) is 30.3 Å². The summed E-state index contributed by atoms with van der Waals surface area (Å²) in [6.07, 6.45) is 1.75. The van der Waals surface area contributed by atoms with Gasteiger partial charge in [0.15, 0.2) is 5.78 Å². The number of rotatable bonds is 4. The lowest BCUT2D eigenvalue weighted by atomic mass is 9.94. The van der Waals surface area contributed by atoms with E-state index in [1.165, 1.54) is 36.4 Å². The van der Waals surface area contributed by atoms with E-state index in [-0.39, 0.29) is 11.6 Å². The molecule has 3 rings (SSSR count). The van der Waals surface area contributed by atoms with E-state index < -0.39 is 5.82 Å². The molecule has 0 saturated carbocycles. The van der Waals surface area contributed by atoms with Crippen molar-refractivity contribution in [3.63, 3.8) is 0 Å². The summed E-state index contributed by atoms with van der Waals surface area (Å²) >= 11 is 0. The van der Waals surface area contributed by atoms with Gasteiger partial charge in [-0.05, 0) is 53.6 Å². The van der Waals surface area contributed by atoms with Gasteiger partial charge < -0.3 is 0 Å². The van der Waals surface area contributed by atoms with E-state index >= 15 is 0 Å². The summed E-state index contributed by atoms with van der Waals surface area (Å²) in [6.45, 7) is 0. The molecular weight excluding hydrogens is 306 g/mol. The van der Waals surface area contributed by atoms with Gasteiger partial charge in [0.1, 0.15) is 11.6 Å². The van der Waals surface area contributed by atoms with Crippen molar-refractivity contribution in [1.82, 2.24) is 0 Å². The van der Waals surface area contributed by atoms with E-state index in [4.69, 9.17) is 0 Å². The number of Topliss-reactive ketones (excluding diaryl/α,β-unsaturated/α-hetero) is 1. The highest BCUT2D eigenvalue weighted by Gasteiger charge is 2.15. The molecule has 0 aliphatic carbocycles. The topological polar surface area (TPSA) is 17.1 Å². The molecule has 118 valence electrons. The van der Waals surface area contributed by atoms with Gasteiger partial charge in [-0.2, -0.15) is 0 Å². The Labute approximate surface area is 138 Å². The molecule has 0 bridgehead atoms. The van der Waals surface area contributed by atoms with Crippen LogP contribution < -0.4 is 0 Å². The highest BCUT2D eigenvalue weighted by molar-refractivity contribution is 6.32. The minimum atomic E-state index is -0.401. The molecular formula is C21H14F2O. The summed E-state index contributed by atoms with van der Waals surface area (Å²) in [5.74, 6) is -1.01. The van der Waals surface area contributed by atoms with Crippen molar-refractivity contribution in [2.75, 3.05) is 0 Å². The van der Waals surface area contributed by atoms with Crippen molar-refractivity contribution in [2.45, 2.75) is 0 Å². The van der Waals surface area contributed by atoms with Gasteiger partial charge in [-0.25, -0.2) is 8.78 Å². The smallest absolute Gasteiger partial charge is 0.193 e. The highest BCUT2D eigenvalue weighted by Crippen LogP contribution is 2.23. The lowest BCUT2D eigenvalue weighted by Crippen LogP contribution is -2.03. The molecule has 0 spiro atoms. The van der Waals surface area contributed by atoms with E-state index in [2.05, 4.69) is 0 Å². The third-order valence-electron chi connectivity index (χ3n) is 3.62. The molecule has 0 radical (unpaired) electrons. The molecule has 24 heavy (non-hydrogen) atoms. The Morgan fingerprint density at radius 1 is 0.667 bits per heavy atom. The maximum absolute atomic E-state index is 13.2. The second kappa shape index (κ2) is 7.01. The lowest BCUT2D eigenvalue weighted by Gasteiger charge is -2.08. The number of hydrogen-bond donors (Lipinski definition) is 0. The summed E-state index contributed by atoms with van der Waals surface area (Å²) in [5.41, 5.74) is 2.26. The highest BCUT2D eigenvalue weighted by atomic mass is 19.1. The Hall–Kier alpha value is -3.07. The predicted molar refractivity (Wildman–Crippen MR) is 91.4 cm³/mol. The largest absolute Gasteiger partial charge is 0.289 e. The maximum Gasteiger partial charge on any atom is 0.193 e. The number of carbonyl (C=O) groups is 1. The minimum Gasteiger partial charge on any atom is -0.289 e. The van der Waals surface area contributed by atoms with Gasteiger partial charge in [-0.1, -0.05) is 42.5 Å². The van der Waals surface area contributed by atoms with Crippen molar-refractivity contribution in [1.29, 1.82) is 0 Å². The molecule has 0 amide bonds. The van der Waals surface area contributed by atoms with Crippen LogP contribution in [0.5, 0.6) is 0 Å². The van der Waals surface area contributed by atoms with Crippen LogP contribution in [-0.2, 0) is 0 Å². The molecule has 1 nitrogen and oxygen atoms in total. The Kier molecular flexibility index (Phi) is 4.62. The number of halogens is 2. The second-order valence-corrected chi connectivity index (χ2v) is 5.31. The van der Waals surface area contributed by atoms with Crippen LogP contribution in [-0.4, -0.2) is 5.78 Å². The van der Waals surface area contributed by atoms with Gasteiger partial charge in [0, 0.05) is 11.1 Å². The summed E-state index contributed by atoms with van der Waals surface area (Å²) in [4.78, 5) is 12.9. The van der Waals surface area contributed by atoms with E-state index in [0.717, 1.165) is 5.56 Å². The number of ketones is 1. The second-order valence-electron chi connectivity index (χ2n) is 5.31. The van der Waals surface area contributed by atoms with Crippen molar-refractivity contribution in [3.05, 3.63) is 107 Å². The zero-order valence-corrected chi connectivity index (χ0v) is 12.7. The third kappa shape index (κ3) is 3.63. The Morgan fingerprint density at radius 2 is 1.17 bits per heavy atom. The van der Waals surface area contributed by atoms with Crippen LogP contribution in [0.15, 0.2) is 78.9 Å². The molecule has 0 fully saturated rings. The zero-order valence-electron chi connectivity index (χ0n) is 12.7. The molecule has 0 aliphatic rings. The quantitative estimate of drug-likeness (QED) is 0.358. The monoisotopic (exact) mass is 320 g/mol. The van der Waals surface area contributed by atoms with Crippen molar-refractivity contribution >= 4 is 17.4 Å². The van der Waals surface area contributed by atoms with Crippen LogP contribution in [0, 0.1) is 11.6 Å². The van der Waals surface area contributed by atoms with Crippen LogP contribution in [0.3, 0.4) is 0 Å². The Morgan fingerprint density at radius 3 is 1.71 bits per heavy atom. The zero-order chi connectivity index (χ0) is 16.9. The maximum atomic E-state index is 13.2. The average Bonchev–Trinajstić information content (AvgIpc) is 2.62. The first kappa shape index (κ1) is 15.8. The van der Waals surface area contributed by atoms with Crippen molar-refractivity contribution < 1.29 is 13.6 Å². The predicted octanol–water partition coefficient (Wildman–Crippen LogP) is 5.39. The summed E-state index contributed by atoms with van der Waals surface area (Å²) < 4.78 is 26.3. The molecule has 0 unspecified atom stereocenters. The van der Waals surface area contributed by atoms with Gasteiger partial charge in [0.05, 0.1) is 0 Å². The van der Waals surface area contributed by atoms with E-state index in [0.29, 0.717) is 16.7 Å². The van der Waals surface area contributed by atoms with Crippen molar-refractivity contribution in [2.24, 2.45) is 0 Å². The molecule has 0 atom stereocenters. The number of benzene rings is 3. The SMILES string of the molecule is O=C(/C(=C/c1ccccc1)c1ccc(F)cc1)c1ccc(F)cc1. The fourth-order valence-corrected chi connectivity index (χ4v) is 2.38. The molecule has 3 aromatic carbocycles. The molecule has 0 aliphatic heterocycles. The first-order chi connectivity index (χ1) is 11.6. The number of allylic oxidation sites excluding steroid dienone is 1. The lowest BCUT2D eigenvalue weighted by molar-refractivity contribution is 0.105. The standard InChI is InChI=1S/C21H14F2O/c22-18-10-6-16(7-11-18)20(14-15-4-2-1-3-5-15)21(24)17-8-12-19(23)13-9-17/h1-14H/b20-14+.